The van der Waals surface area contributed by atoms with Gasteiger partial charge < -0.3 is 10.5 Å². The lowest BCUT2D eigenvalue weighted by molar-refractivity contribution is -0.0280. The number of hydrogen-bond donors (Lipinski definition) is 2. The number of carbonyl (C=O) groups excluding carboxylic acids is 1. The van der Waals surface area contributed by atoms with Gasteiger partial charge in [0.2, 0.25) is 5.95 Å². The van der Waals surface area contributed by atoms with Gasteiger partial charge in [-0.3, -0.25) is 14.8 Å². The van der Waals surface area contributed by atoms with Gasteiger partial charge in [-0.15, -0.1) is 11.3 Å². The Morgan fingerprint density at radius 2 is 2.17 bits per heavy atom. The van der Waals surface area contributed by atoms with E-state index in [0.717, 1.165) is 28.2 Å². The third-order valence-corrected chi connectivity index (χ3v) is 6.22. The molecule has 5 rings (SSSR count). The molecule has 150 valence electrons. The van der Waals surface area contributed by atoms with Crippen molar-refractivity contribution < 1.29 is 9.53 Å². The summed E-state index contributed by atoms with van der Waals surface area (Å²) in [6, 6.07) is 0.0605. The van der Waals surface area contributed by atoms with Crippen LogP contribution in [0.15, 0.2) is 11.6 Å². The van der Waals surface area contributed by atoms with Crippen molar-refractivity contribution in [2.45, 2.75) is 38.6 Å². The quantitative estimate of drug-likeness (QED) is 0.678. The molecule has 3 N–H and O–H groups in total. The van der Waals surface area contributed by atoms with E-state index in [2.05, 4.69) is 34.1 Å². The molecule has 0 unspecified atom stereocenters. The largest absolute Gasteiger partial charge is 0.377 e. The molecule has 0 bridgehead atoms. The van der Waals surface area contributed by atoms with Gasteiger partial charge >= 0.3 is 0 Å². The van der Waals surface area contributed by atoms with Crippen molar-refractivity contribution in [3.05, 3.63) is 34.1 Å². The van der Waals surface area contributed by atoms with Crippen LogP contribution in [0.5, 0.6) is 0 Å². The maximum absolute atomic E-state index is 13.2. The Morgan fingerprint density at radius 1 is 1.38 bits per heavy atom. The van der Waals surface area contributed by atoms with Crippen LogP contribution in [0.1, 0.15) is 47.2 Å². The Bertz CT molecular complexity index is 1130. The third kappa shape index (κ3) is 2.90. The lowest BCUT2D eigenvalue weighted by Gasteiger charge is -2.34. The van der Waals surface area contributed by atoms with Gasteiger partial charge in [0, 0.05) is 17.1 Å². The molecule has 0 aromatic carbocycles. The highest BCUT2D eigenvalue weighted by atomic mass is 32.1. The van der Waals surface area contributed by atoms with Crippen molar-refractivity contribution in [2.24, 2.45) is 0 Å². The number of ether oxygens (including phenoxy) is 1. The molecule has 0 spiro atoms. The number of aromatic nitrogens is 5. The van der Waals surface area contributed by atoms with Crippen molar-refractivity contribution in [1.82, 2.24) is 24.7 Å². The van der Waals surface area contributed by atoms with Gasteiger partial charge in [-0.2, -0.15) is 5.10 Å². The number of thiazole rings is 1. The van der Waals surface area contributed by atoms with Gasteiger partial charge in [-0.25, -0.2) is 15.0 Å². The predicted molar refractivity (Wildman–Crippen MR) is 109 cm³/mol. The van der Waals surface area contributed by atoms with Crippen molar-refractivity contribution in [2.75, 3.05) is 24.3 Å². The number of hydrogen-bond acceptors (Lipinski definition) is 8. The van der Waals surface area contributed by atoms with Crippen LogP contribution in [0.3, 0.4) is 0 Å². The zero-order valence-electron chi connectivity index (χ0n) is 16.4. The second kappa shape index (κ2) is 6.33. The molecule has 1 fully saturated rings. The Kier molecular flexibility index (Phi) is 3.97. The van der Waals surface area contributed by atoms with E-state index < -0.39 is 0 Å². The molecule has 3 aromatic rings. The number of nitrogens with one attached hydrogen (secondary N) is 1. The fraction of sp³-hybridized carbons (Fsp3) is 0.421. The fourth-order valence-corrected chi connectivity index (χ4v) is 4.66. The summed E-state index contributed by atoms with van der Waals surface area (Å²) in [6.07, 6.45) is 2.47. The first-order chi connectivity index (χ1) is 13.8. The molecule has 3 aromatic heterocycles. The Balaban J connectivity index is 1.69. The number of carbonyl (C=O) groups is 1. The number of nitrogen functional groups attached to an aromatic ring is 1. The van der Waals surface area contributed by atoms with Gasteiger partial charge in [0.1, 0.15) is 0 Å². The van der Waals surface area contributed by atoms with E-state index in [-0.39, 0.29) is 23.3 Å². The predicted octanol–water partition coefficient (Wildman–Crippen LogP) is 2.34. The molecule has 29 heavy (non-hydrogen) atoms. The van der Waals surface area contributed by atoms with Crippen LogP contribution in [0, 0.1) is 6.92 Å². The van der Waals surface area contributed by atoms with Crippen LogP contribution in [0.25, 0.3) is 11.4 Å². The van der Waals surface area contributed by atoms with E-state index >= 15 is 0 Å². The van der Waals surface area contributed by atoms with Gasteiger partial charge in [-0.05, 0) is 24.3 Å². The summed E-state index contributed by atoms with van der Waals surface area (Å²) >= 11 is 1.39. The van der Waals surface area contributed by atoms with Crippen LogP contribution in [0.4, 0.5) is 11.1 Å². The Hall–Kier alpha value is -2.85. The van der Waals surface area contributed by atoms with Gasteiger partial charge in [-0.1, -0.05) is 13.8 Å². The molecule has 0 saturated carbocycles. The number of rotatable bonds is 3. The first-order valence-electron chi connectivity index (χ1n) is 9.39. The van der Waals surface area contributed by atoms with Gasteiger partial charge in [0.25, 0.3) is 5.91 Å². The Morgan fingerprint density at radius 3 is 2.83 bits per heavy atom. The lowest BCUT2D eigenvalue weighted by atomic mass is 9.73. The van der Waals surface area contributed by atoms with Gasteiger partial charge in [0.05, 0.1) is 36.3 Å². The number of nitrogens with two attached hydrogens (primary N) is 1. The molecule has 9 nitrogen and oxygen atoms in total. The number of aryl methyl sites for hydroxylation is 1. The monoisotopic (exact) mass is 411 g/mol. The smallest absolute Gasteiger partial charge is 0.278 e. The third-order valence-electron chi connectivity index (χ3n) is 5.35. The van der Waals surface area contributed by atoms with E-state index in [9.17, 15) is 4.79 Å². The van der Waals surface area contributed by atoms with Crippen molar-refractivity contribution in [3.63, 3.8) is 0 Å². The van der Waals surface area contributed by atoms with E-state index in [1.165, 1.54) is 11.3 Å². The standard InChI is InChI=1S/C19H21N7O2S/c1-9-8-29-18(22-9)24-16(27)14-12-15(26(25-14)11-6-28-7-11)13-10(4-19(12,2)3)5-21-17(20)23-13/h5,8,11H,4,6-7H2,1-3H3,(H2,20,21,23)(H,22,24,27). The van der Waals surface area contributed by atoms with Crippen LogP contribution in [-0.2, 0) is 16.6 Å². The number of amides is 1. The highest BCUT2D eigenvalue weighted by Gasteiger charge is 2.42. The molecule has 4 heterocycles. The molecular weight excluding hydrogens is 390 g/mol. The van der Waals surface area contributed by atoms with E-state index in [4.69, 9.17) is 15.6 Å². The zero-order valence-corrected chi connectivity index (χ0v) is 17.2. The summed E-state index contributed by atoms with van der Waals surface area (Å²) in [6.45, 7) is 7.22. The molecule has 1 aliphatic heterocycles. The second-order valence-electron chi connectivity index (χ2n) is 8.12. The average molecular weight is 411 g/mol. The summed E-state index contributed by atoms with van der Waals surface area (Å²) in [5, 5.41) is 10.1. The highest BCUT2D eigenvalue weighted by molar-refractivity contribution is 7.13. The van der Waals surface area contributed by atoms with E-state index in [1.807, 2.05) is 17.0 Å². The molecule has 1 amide bonds. The van der Waals surface area contributed by atoms with Crippen LogP contribution in [0.2, 0.25) is 0 Å². The molecule has 0 atom stereocenters. The topological polar surface area (TPSA) is 121 Å². The number of fused-ring (bicyclic) bond motifs is 3. The van der Waals surface area contributed by atoms with Crippen LogP contribution in [-0.4, -0.2) is 43.9 Å². The molecule has 0 radical (unpaired) electrons. The molecule has 1 aliphatic carbocycles. The summed E-state index contributed by atoms with van der Waals surface area (Å²) in [5.41, 5.74) is 10.3. The van der Waals surface area contributed by atoms with Gasteiger partial charge in [0.15, 0.2) is 10.8 Å². The molecule has 1 saturated heterocycles. The number of nitrogens with zero attached hydrogens (tertiary/aromatic N) is 5. The van der Waals surface area contributed by atoms with E-state index in [1.54, 1.807) is 6.20 Å². The normalized spacial score (nSPS) is 17.3. The first kappa shape index (κ1) is 18.2. The summed E-state index contributed by atoms with van der Waals surface area (Å²) in [4.78, 5) is 26.2. The van der Waals surface area contributed by atoms with E-state index in [0.29, 0.717) is 30.5 Å². The maximum atomic E-state index is 13.2. The molecule has 2 aliphatic rings. The SMILES string of the molecule is Cc1csc(NC(=O)c2nn(C3COC3)c3c2C(C)(C)Cc2cnc(N)nc2-3)n1. The molecular formula is C19H21N7O2S. The summed E-state index contributed by atoms with van der Waals surface area (Å²) < 4.78 is 7.27. The minimum atomic E-state index is -0.323. The van der Waals surface area contributed by atoms with Crippen molar-refractivity contribution in [1.29, 1.82) is 0 Å². The Labute approximate surface area is 171 Å². The average Bonchev–Trinajstić information content (AvgIpc) is 3.19. The minimum Gasteiger partial charge on any atom is -0.377 e. The first-order valence-corrected chi connectivity index (χ1v) is 10.3. The fourth-order valence-electron chi connectivity index (χ4n) is 3.98. The van der Waals surface area contributed by atoms with Crippen molar-refractivity contribution >= 4 is 28.3 Å². The maximum Gasteiger partial charge on any atom is 0.278 e. The van der Waals surface area contributed by atoms with Crippen LogP contribution < -0.4 is 11.1 Å². The number of anilines is 2. The summed E-state index contributed by atoms with van der Waals surface area (Å²) in [7, 11) is 0. The lowest BCUT2D eigenvalue weighted by Crippen LogP contribution is -2.33. The second-order valence-corrected chi connectivity index (χ2v) is 8.98. The van der Waals surface area contributed by atoms with Crippen molar-refractivity contribution in [3.8, 4) is 11.4 Å². The molecule has 10 heteroatoms. The zero-order chi connectivity index (χ0) is 20.3. The summed E-state index contributed by atoms with van der Waals surface area (Å²) in [5.74, 6) is -0.0653. The van der Waals surface area contributed by atoms with Crippen LogP contribution >= 0.6 is 11.3 Å². The minimum absolute atomic E-state index is 0.0605. The highest BCUT2D eigenvalue weighted by Crippen LogP contribution is 2.45.